The summed E-state index contributed by atoms with van der Waals surface area (Å²) in [5, 5.41) is 8.42. The average Bonchev–Trinajstić information content (AvgIpc) is 1.90. The normalized spacial score (nSPS) is 23.4. The van der Waals surface area contributed by atoms with Crippen LogP contribution in [0.3, 0.4) is 0 Å². The highest BCUT2D eigenvalue weighted by Gasteiger charge is 2.16. The highest BCUT2D eigenvalue weighted by Crippen LogP contribution is 2.08. The van der Waals surface area contributed by atoms with Crippen LogP contribution in [-0.4, -0.2) is 23.3 Å². The molecular formula is C6H10ClNO2. The molecule has 1 N–H and O–H groups in total. The molecule has 58 valence electrons. The largest absolute Gasteiger partial charge is 0.480 e. The van der Waals surface area contributed by atoms with Gasteiger partial charge in [-0.3, -0.25) is 4.99 Å². The smallest absolute Gasteiger partial charge is 0.328 e. The number of carbonyl (C=O) groups is 1. The fourth-order valence-electron chi connectivity index (χ4n) is 0.866. The SMILES string of the molecule is Cl.O=C(O)C1CCCC=N1. The van der Waals surface area contributed by atoms with Gasteiger partial charge >= 0.3 is 5.97 Å². The van der Waals surface area contributed by atoms with Crippen molar-refractivity contribution in [2.75, 3.05) is 0 Å². The van der Waals surface area contributed by atoms with E-state index in [1.54, 1.807) is 6.21 Å². The Hall–Kier alpha value is -0.570. The molecule has 1 heterocycles. The van der Waals surface area contributed by atoms with Crippen LogP contribution in [0.1, 0.15) is 19.3 Å². The van der Waals surface area contributed by atoms with Crippen LogP contribution in [0.25, 0.3) is 0 Å². The Labute approximate surface area is 65.6 Å². The van der Waals surface area contributed by atoms with Crippen LogP contribution in [0.2, 0.25) is 0 Å². The number of aliphatic carboxylic acids is 1. The molecule has 0 fully saturated rings. The van der Waals surface area contributed by atoms with Gasteiger partial charge in [-0.15, -0.1) is 12.4 Å². The zero-order chi connectivity index (χ0) is 6.69. The molecule has 0 amide bonds. The average molecular weight is 164 g/mol. The van der Waals surface area contributed by atoms with E-state index in [4.69, 9.17) is 5.11 Å². The highest BCUT2D eigenvalue weighted by atomic mass is 35.5. The Kier molecular flexibility index (Phi) is 4.03. The summed E-state index contributed by atoms with van der Waals surface area (Å²) in [6, 6.07) is -0.459. The standard InChI is InChI=1S/C6H9NO2.ClH/c8-6(9)5-3-1-2-4-7-5;/h4-5H,1-3H2,(H,8,9);1H. The monoisotopic (exact) mass is 163 g/mol. The van der Waals surface area contributed by atoms with Crippen LogP contribution in [-0.2, 0) is 4.79 Å². The lowest BCUT2D eigenvalue weighted by Crippen LogP contribution is -2.20. The maximum absolute atomic E-state index is 10.2. The van der Waals surface area contributed by atoms with E-state index in [2.05, 4.69) is 4.99 Å². The molecule has 1 atom stereocenters. The highest BCUT2D eigenvalue weighted by molar-refractivity contribution is 5.85. The van der Waals surface area contributed by atoms with Gasteiger partial charge in [0.2, 0.25) is 0 Å². The van der Waals surface area contributed by atoms with Crippen molar-refractivity contribution in [1.29, 1.82) is 0 Å². The number of halogens is 1. The second-order valence-corrected chi connectivity index (χ2v) is 2.12. The Balaban J connectivity index is 0.000000810. The third kappa shape index (κ3) is 2.35. The van der Waals surface area contributed by atoms with E-state index in [0.29, 0.717) is 6.42 Å². The molecule has 0 bridgehead atoms. The number of nitrogens with zero attached hydrogens (tertiary/aromatic N) is 1. The first-order valence-electron chi connectivity index (χ1n) is 3.05. The van der Waals surface area contributed by atoms with Crippen LogP contribution >= 0.6 is 12.4 Å². The van der Waals surface area contributed by atoms with Crippen LogP contribution in [0.4, 0.5) is 0 Å². The lowest BCUT2D eigenvalue weighted by molar-refractivity contribution is -0.138. The number of carboxylic acids is 1. The first-order chi connectivity index (χ1) is 4.30. The number of hydrogen-bond acceptors (Lipinski definition) is 2. The second kappa shape index (κ2) is 4.28. The van der Waals surface area contributed by atoms with Crippen molar-refractivity contribution >= 4 is 24.6 Å². The van der Waals surface area contributed by atoms with Gasteiger partial charge in [0.05, 0.1) is 0 Å². The van der Waals surface area contributed by atoms with Gasteiger partial charge in [-0.25, -0.2) is 4.79 Å². The second-order valence-electron chi connectivity index (χ2n) is 2.12. The van der Waals surface area contributed by atoms with Crippen molar-refractivity contribution in [2.24, 2.45) is 4.99 Å². The predicted molar refractivity (Wildman–Crippen MR) is 41.0 cm³/mol. The molecule has 0 aromatic carbocycles. The van der Waals surface area contributed by atoms with Gasteiger partial charge in [0.1, 0.15) is 6.04 Å². The summed E-state index contributed by atoms with van der Waals surface area (Å²) in [5.74, 6) is -0.800. The molecule has 0 saturated heterocycles. The molecule has 1 rings (SSSR count). The zero-order valence-corrected chi connectivity index (χ0v) is 6.30. The minimum atomic E-state index is -0.800. The summed E-state index contributed by atoms with van der Waals surface area (Å²) in [7, 11) is 0. The minimum Gasteiger partial charge on any atom is -0.480 e. The van der Waals surface area contributed by atoms with E-state index in [-0.39, 0.29) is 12.4 Å². The van der Waals surface area contributed by atoms with Crippen molar-refractivity contribution in [1.82, 2.24) is 0 Å². The van der Waals surface area contributed by atoms with Gasteiger partial charge in [0.25, 0.3) is 0 Å². The van der Waals surface area contributed by atoms with E-state index >= 15 is 0 Å². The molecule has 0 aromatic rings. The Morgan fingerprint density at radius 2 is 2.40 bits per heavy atom. The molecule has 0 saturated carbocycles. The van der Waals surface area contributed by atoms with Gasteiger partial charge < -0.3 is 5.11 Å². The molecule has 1 aliphatic rings. The molecule has 0 radical (unpaired) electrons. The van der Waals surface area contributed by atoms with Gasteiger partial charge in [0.15, 0.2) is 0 Å². The molecule has 4 heteroatoms. The van der Waals surface area contributed by atoms with Crippen LogP contribution in [0.5, 0.6) is 0 Å². The molecular weight excluding hydrogens is 154 g/mol. The topological polar surface area (TPSA) is 49.7 Å². The van der Waals surface area contributed by atoms with E-state index < -0.39 is 12.0 Å². The van der Waals surface area contributed by atoms with Crippen molar-refractivity contribution in [2.45, 2.75) is 25.3 Å². The summed E-state index contributed by atoms with van der Waals surface area (Å²) in [4.78, 5) is 14.0. The predicted octanol–water partition coefficient (Wildman–Crippen LogP) is 1.12. The minimum absolute atomic E-state index is 0. The first kappa shape index (κ1) is 9.43. The number of carboxylic acid groups (broad SMARTS) is 1. The summed E-state index contributed by atoms with van der Waals surface area (Å²) >= 11 is 0. The zero-order valence-electron chi connectivity index (χ0n) is 5.49. The summed E-state index contributed by atoms with van der Waals surface area (Å²) in [6.45, 7) is 0. The van der Waals surface area contributed by atoms with E-state index in [1.807, 2.05) is 0 Å². The Bertz CT molecular complexity index is 147. The molecule has 0 aliphatic carbocycles. The summed E-state index contributed by atoms with van der Waals surface area (Å²) in [5.41, 5.74) is 0. The quantitative estimate of drug-likeness (QED) is 0.630. The fraction of sp³-hybridized carbons (Fsp3) is 0.667. The maximum Gasteiger partial charge on any atom is 0.328 e. The van der Waals surface area contributed by atoms with Gasteiger partial charge in [-0.05, 0) is 25.5 Å². The number of hydrogen-bond donors (Lipinski definition) is 1. The van der Waals surface area contributed by atoms with Crippen LogP contribution in [0, 0.1) is 0 Å². The molecule has 3 nitrogen and oxygen atoms in total. The Morgan fingerprint density at radius 1 is 1.70 bits per heavy atom. The first-order valence-corrected chi connectivity index (χ1v) is 3.05. The van der Waals surface area contributed by atoms with E-state index in [0.717, 1.165) is 12.8 Å². The molecule has 1 aliphatic heterocycles. The van der Waals surface area contributed by atoms with Crippen LogP contribution in [0.15, 0.2) is 4.99 Å². The molecule has 0 spiro atoms. The third-order valence-corrected chi connectivity index (χ3v) is 1.38. The van der Waals surface area contributed by atoms with Crippen LogP contribution < -0.4 is 0 Å². The summed E-state index contributed by atoms with van der Waals surface area (Å²) in [6.07, 6.45) is 4.29. The fourth-order valence-corrected chi connectivity index (χ4v) is 0.866. The lowest BCUT2D eigenvalue weighted by Gasteiger charge is -2.09. The maximum atomic E-state index is 10.2. The number of aliphatic imine (C=N–C) groups is 1. The van der Waals surface area contributed by atoms with Gasteiger partial charge in [-0.1, -0.05) is 0 Å². The van der Waals surface area contributed by atoms with Crippen molar-refractivity contribution in [3.8, 4) is 0 Å². The molecule has 0 aromatic heterocycles. The number of rotatable bonds is 1. The third-order valence-electron chi connectivity index (χ3n) is 1.38. The lowest BCUT2D eigenvalue weighted by atomic mass is 10.1. The molecule has 1 unspecified atom stereocenters. The van der Waals surface area contributed by atoms with Gasteiger partial charge in [0, 0.05) is 0 Å². The van der Waals surface area contributed by atoms with Crippen molar-refractivity contribution in [3.63, 3.8) is 0 Å². The van der Waals surface area contributed by atoms with E-state index in [1.165, 1.54) is 0 Å². The molecule has 10 heavy (non-hydrogen) atoms. The van der Waals surface area contributed by atoms with Crippen molar-refractivity contribution < 1.29 is 9.90 Å². The Morgan fingerprint density at radius 3 is 2.70 bits per heavy atom. The van der Waals surface area contributed by atoms with Crippen molar-refractivity contribution in [3.05, 3.63) is 0 Å². The van der Waals surface area contributed by atoms with Gasteiger partial charge in [-0.2, -0.15) is 0 Å². The summed E-state index contributed by atoms with van der Waals surface area (Å²) < 4.78 is 0. The van der Waals surface area contributed by atoms with E-state index in [9.17, 15) is 4.79 Å².